The number of hydrogen-bond acceptors (Lipinski definition) is 11. The van der Waals surface area contributed by atoms with Crippen LogP contribution in [0.25, 0.3) is 0 Å². The molecular weight excluding hydrogens is 1270 g/mol. The van der Waals surface area contributed by atoms with Crippen LogP contribution in [0, 0.1) is 105 Å². The maximum absolute atomic E-state index is 12.1. The summed E-state index contributed by atoms with van der Waals surface area (Å²) in [5.41, 5.74) is 15.0. The third-order valence-corrected chi connectivity index (χ3v) is 33.0. The summed E-state index contributed by atoms with van der Waals surface area (Å²) in [6, 6.07) is 0.840. The van der Waals surface area contributed by atoms with Crippen LogP contribution in [0.2, 0.25) is 0 Å². The highest BCUT2D eigenvalue weighted by molar-refractivity contribution is 6.40. The fraction of sp³-hybridized carbons (Fsp3) is 0.826. The molecule has 13 heteroatoms. The van der Waals surface area contributed by atoms with Gasteiger partial charge in [0.1, 0.15) is 0 Å². The zero-order valence-electron chi connectivity index (χ0n) is 62.3. The number of nitrogens with zero attached hydrogens (tertiary/aromatic N) is 2. The molecule has 12 fully saturated rings. The zero-order valence-corrected chi connectivity index (χ0v) is 63.8. The summed E-state index contributed by atoms with van der Waals surface area (Å²) in [5, 5.41) is 28.8. The summed E-state index contributed by atoms with van der Waals surface area (Å²) < 4.78 is 20.9. The largest absolute Gasteiger partial charge is 0.369 e. The quantitative estimate of drug-likeness (QED) is 0.158. The van der Waals surface area contributed by atoms with E-state index in [9.17, 15) is 24.8 Å². The van der Waals surface area contributed by atoms with Crippen LogP contribution in [0.3, 0.4) is 0 Å². The van der Waals surface area contributed by atoms with E-state index in [-0.39, 0.29) is 70.1 Å². The van der Waals surface area contributed by atoms with Gasteiger partial charge in [-0.05, 0) is 287 Å². The average molecular weight is 1400 g/mol. The molecule has 11 nitrogen and oxygen atoms in total. The Kier molecular flexibility index (Phi) is 20.4. The smallest absolute Gasteiger partial charge is 0.155 e. The number of piperidine rings is 3. The summed E-state index contributed by atoms with van der Waals surface area (Å²) in [4.78, 5) is 36.3. The molecule has 6 saturated heterocycles. The molecule has 0 amide bonds. The van der Waals surface area contributed by atoms with Crippen LogP contribution in [-0.4, -0.2) is 116 Å². The first-order valence-corrected chi connectivity index (χ1v) is 41.3. The van der Waals surface area contributed by atoms with E-state index < -0.39 is 0 Å². The second kappa shape index (κ2) is 27.5. The number of ether oxygens (including phenoxy) is 3. The minimum absolute atomic E-state index is 0. The molecule has 0 bridgehead atoms. The molecule has 3 N–H and O–H groups in total. The minimum Gasteiger partial charge on any atom is -0.369 e. The van der Waals surface area contributed by atoms with Crippen LogP contribution in [0.15, 0.2) is 68.4 Å². The lowest BCUT2D eigenvalue weighted by Crippen LogP contribution is -2.50. The molecular formula is C86H129Cl2N3O8. The van der Waals surface area contributed by atoms with Crippen molar-refractivity contribution in [3.05, 3.63) is 68.4 Å². The van der Waals surface area contributed by atoms with Crippen molar-refractivity contribution in [2.45, 2.75) is 317 Å². The number of fused-ring (bicyclic) bond motifs is 18. The summed E-state index contributed by atoms with van der Waals surface area (Å²) in [6.07, 6.45) is 36.9. The Balaban J connectivity index is 0.000000124. The van der Waals surface area contributed by atoms with E-state index in [1.165, 1.54) is 87.3 Å². The van der Waals surface area contributed by atoms with Crippen LogP contribution in [0.5, 0.6) is 0 Å². The van der Waals surface area contributed by atoms with Gasteiger partial charge in [-0.25, -0.2) is 0 Å². The van der Waals surface area contributed by atoms with Crippen LogP contribution in [0.4, 0.5) is 0 Å². The van der Waals surface area contributed by atoms with Gasteiger partial charge in [-0.2, -0.15) is 10.1 Å². The molecule has 27 atom stereocenters. The van der Waals surface area contributed by atoms with Crippen molar-refractivity contribution in [3.63, 3.8) is 0 Å². The minimum atomic E-state index is -0.113. The number of hydroxylamine groups is 4. The molecule has 18 rings (SSSR count). The molecule has 3 spiro atoms. The number of rotatable bonds is 0. The number of hydrogen-bond donors (Lipinski definition) is 3. The molecule has 550 valence electrons. The Morgan fingerprint density at radius 1 is 0.475 bits per heavy atom. The first kappa shape index (κ1) is 73.6. The molecule has 0 radical (unpaired) electrons. The van der Waals surface area contributed by atoms with Gasteiger partial charge in [-0.15, -0.1) is 23.2 Å². The molecule has 99 heavy (non-hydrogen) atoms. The van der Waals surface area contributed by atoms with Gasteiger partial charge in [-0.3, -0.25) is 14.4 Å². The number of ketones is 3. The van der Waals surface area contributed by atoms with Gasteiger partial charge >= 0.3 is 0 Å². The number of halogens is 2. The Morgan fingerprint density at radius 3 is 1.15 bits per heavy atom. The lowest BCUT2D eigenvalue weighted by atomic mass is 9.56. The monoisotopic (exact) mass is 1400 g/mol. The predicted octanol–water partition coefficient (Wildman–Crippen LogP) is 19.1. The number of alkyl halides is 2. The van der Waals surface area contributed by atoms with E-state index in [2.05, 4.69) is 88.4 Å². The second-order valence-corrected chi connectivity index (χ2v) is 38.7. The molecule has 6 saturated carbocycles. The van der Waals surface area contributed by atoms with Crippen molar-refractivity contribution >= 4 is 40.6 Å². The Bertz CT molecular complexity index is 3210. The van der Waals surface area contributed by atoms with Crippen molar-refractivity contribution in [1.29, 1.82) is 0 Å². The predicted molar refractivity (Wildman–Crippen MR) is 395 cm³/mol. The SMILES string of the molecule is C.CC1=C2C[C@H]3[C@@H](CCC4=CC(=O)CC[C@@]43C)[C@@H]2CC[C@@]2(C1)O[C@@H]1C[C@H](C)CN(O)[C@H]1[C@H]2C.CC1=C2C[C@H]3[C@@H](CCC4=CC(=O)CC[C@@]43C)[C@@H]2CC[C@@]2(C1)O[C@@H]1C[C@H](C)CN(O)[C@H]1[C@H]2C.CC1=C2C[C@H]3[C@@H](CCC4=CC(=O)CC[C@@]43C)[C@@H]2CC[C@@]2(C1)O[C@@H]1C[C@H](C)CN[C@H]1[C@H]2C.ClCCl. The Morgan fingerprint density at radius 2 is 0.798 bits per heavy atom. The lowest BCUT2D eigenvalue weighted by molar-refractivity contribution is -0.179. The van der Waals surface area contributed by atoms with Crippen molar-refractivity contribution in [2.75, 3.05) is 25.0 Å². The van der Waals surface area contributed by atoms with Gasteiger partial charge in [0.2, 0.25) is 0 Å². The van der Waals surface area contributed by atoms with Crippen LogP contribution in [-0.2, 0) is 28.6 Å². The third kappa shape index (κ3) is 12.3. The molecule has 0 aromatic carbocycles. The fourth-order valence-electron chi connectivity index (χ4n) is 27.8. The lowest BCUT2D eigenvalue weighted by Gasteiger charge is -2.48. The van der Waals surface area contributed by atoms with Crippen molar-refractivity contribution in [2.24, 2.45) is 105 Å². The van der Waals surface area contributed by atoms with Crippen molar-refractivity contribution < 1.29 is 39.0 Å². The highest BCUT2D eigenvalue weighted by atomic mass is 35.5. The first-order chi connectivity index (χ1) is 46.7. The zero-order chi connectivity index (χ0) is 69.1. The molecule has 0 aromatic heterocycles. The van der Waals surface area contributed by atoms with Gasteiger partial charge in [0.25, 0.3) is 0 Å². The second-order valence-electron chi connectivity index (χ2n) is 37.9. The third-order valence-electron chi connectivity index (χ3n) is 33.0. The van der Waals surface area contributed by atoms with Crippen LogP contribution in [0.1, 0.15) is 264 Å². The molecule has 0 unspecified atom stereocenters. The molecule has 0 aromatic rings. The van der Waals surface area contributed by atoms with Gasteiger partial charge in [0, 0.05) is 56.1 Å². The van der Waals surface area contributed by atoms with Crippen molar-refractivity contribution in [1.82, 2.24) is 15.4 Å². The summed E-state index contributed by atoms with van der Waals surface area (Å²) in [5.74, 6) is 10.7. The summed E-state index contributed by atoms with van der Waals surface area (Å²) in [7, 11) is 0. The molecule has 18 aliphatic rings. The highest BCUT2D eigenvalue weighted by Crippen LogP contribution is 2.68. The topological polar surface area (TPSA) is 138 Å². The van der Waals surface area contributed by atoms with Gasteiger partial charge in [0.15, 0.2) is 17.3 Å². The highest BCUT2D eigenvalue weighted by Gasteiger charge is 2.64. The number of carbonyl (C=O) groups is 3. The van der Waals surface area contributed by atoms with Crippen LogP contribution >= 0.6 is 23.2 Å². The van der Waals surface area contributed by atoms with Gasteiger partial charge in [-0.1, -0.05) is 120 Å². The van der Waals surface area contributed by atoms with Gasteiger partial charge < -0.3 is 29.9 Å². The maximum atomic E-state index is 12.1. The Hall–Kier alpha value is -2.29. The molecule has 12 aliphatic carbocycles. The average Bonchev–Trinajstić information content (AvgIpc) is 1.56. The summed E-state index contributed by atoms with van der Waals surface area (Å²) in [6.45, 7) is 31.3. The normalized spacial score (nSPS) is 49.4. The Labute approximate surface area is 607 Å². The molecule has 6 aliphatic heterocycles. The fourth-order valence-corrected chi connectivity index (χ4v) is 27.8. The summed E-state index contributed by atoms with van der Waals surface area (Å²) >= 11 is 9.53. The maximum Gasteiger partial charge on any atom is 0.155 e. The van der Waals surface area contributed by atoms with E-state index in [1.54, 1.807) is 43.6 Å². The standard InChI is InChI=1S/2C28H41NO3.C28H41NO2.CH2Cl2.CH4/c2*1-16-11-25-26(29(31)15-16)18(3)28(32-25)10-8-21-22-6-5-19-12-20(30)7-9-27(19,4)24(22)13-23(21)17(2)14-28;1-16-11-25-26(29-15-16)18(3)28(31-25)10-8-21-22-6-5-19-12-20(30)7-9-27(19,4)24(22)13-23(21)17(2)14-28;2-1-3;/h2*12,16,18,21-22,24-26,31H,5-11,13-15H2,1-4H3;12,16,18,21-22,24-26,29H,5-11,13-15H2,1-4H3;1H2;1H4/t3*16-,18+,21-,22-,24-,25+,26-,27-,28-;;/m000../s1. The van der Waals surface area contributed by atoms with Crippen molar-refractivity contribution in [3.8, 4) is 0 Å². The number of allylic oxidation sites excluding steroid dienone is 9. The number of carbonyl (C=O) groups excluding carboxylic acids is 3. The van der Waals surface area contributed by atoms with E-state index in [1.807, 2.05) is 18.2 Å². The van der Waals surface area contributed by atoms with Gasteiger partial charge in [0.05, 0.1) is 52.5 Å². The van der Waals surface area contributed by atoms with Crippen LogP contribution < -0.4 is 5.32 Å². The van der Waals surface area contributed by atoms with E-state index in [0.717, 1.165) is 158 Å². The van der Waals surface area contributed by atoms with E-state index in [0.29, 0.717) is 82.8 Å². The number of nitrogens with one attached hydrogen (secondary N) is 1. The first-order valence-electron chi connectivity index (χ1n) is 40.2. The van der Waals surface area contributed by atoms with E-state index in [4.69, 9.17) is 37.4 Å². The molecule has 6 heterocycles. The van der Waals surface area contributed by atoms with E-state index >= 15 is 0 Å².